The van der Waals surface area contributed by atoms with Gasteiger partial charge < -0.3 is 19.5 Å². The Morgan fingerprint density at radius 1 is 1.15 bits per heavy atom. The first-order valence-corrected chi connectivity index (χ1v) is 5.77. The summed E-state index contributed by atoms with van der Waals surface area (Å²) < 4.78 is 25.2. The van der Waals surface area contributed by atoms with E-state index >= 15 is 0 Å². The second-order valence-corrected chi connectivity index (χ2v) is 4.26. The van der Waals surface area contributed by atoms with Crippen molar-refractivity contribution in [3.05, 3.63) is 0 Å². The minimum atomic E-state index is -3.13. The average Bonchev–Trinajstić information content (AvgIpc) is 2.04. The molecule has 0 spiro atoms. The monoisotopic (exact) mass is 214 g/mol. The summed E-state index contributed by atoms with van der Waals surface area (Å²) in [6.45, 7) is 1.12. The molecule has 0 bridgehead atoms. The molecule has 0 aliphatic rings. The zero-order valence-corrected chi connectivity index (χ0v) is 8.40. The Bertz CT molecular complexity index is 161. The summed E-state index contributed by atoms with van der Waals surface area (Å²) in [6.07, 6.45) is 0. The molecule has 0 radical (unpaired) electrons. The van der Waals surface area contributed by atoms with Gasteiger partial charge in [0, 0.05) is 6.66 Å². The fourth-order valence-electron chi connectivity index (χ4n) is 0.571. The minimum absolute atomic E-state index is 0.0586. The van der Waals surface area contributed by atoms with Crippen molar-refractivity contribution in [1.29, 1.82) is 0 Å². The fourth-order valence-corrected chi connectivity index (χ4v) is 1.26. The van der Waals surface area contributed by atoms with Gasteiger partial charge in [-0.1, -0.05) is 0 Å². The molecule has 0 aliphatic carbocycles. The van der Waals surface area contributed by atoms with Gasteiger partial charge in [0.2, 0.25) is 0 Å². The van der Waals surface area contributed by atoms with Crippen LogP contribution in [0.4, 0.5) is 0 Å². The molecule has 1 atom stereocenters. The summed E-state index contributed by atoms with van der Waals surface area (Å²) in [7, 11) is -3.13. The van der Waals surface area contributed by atoms with Crippen molar-refractivity contribution < 1.29 is 28.6 Å². The van der Waals surface area contributed by atoms with Crippen LogP contribution in [0.25, 0.3) is 0 Å². The van der Waals surface area contributed by atoms with Gasteiger partial charge in [0.05, 0.1) is 26.4 Å². The molecule has 0 aliphatic heterocycles. The Balaban J connectivity index is 3.35. The Kier molecular flexibility index (Phi) is 7.45. The lowest BCUT2D eigenvalue weighted by Crippen LogP contribution is -2.07. The van der Waals surface area contributed by atoms with E-state index in [1.807, 2.05) is 0 Å². The van der Waals surface area contributed by atoms with Crippen LogP contribution in [0.15, 0.2) is 0 Å². The van der Waals surface area contributed by atoms with Gasteiger partial charge in [0.1, 0.15) is 0 Å². The topological polar surface area (TPSA) is 85.2 Å². The Morgan fingerprint density at radius 3 is 2.38 bits per heavy atom. The number of aliphatic hydroxyl groups excluding tert-OH is 2. The predicted octanol–water partition coefficient (Wildman–Crippen LogP) is -0.199. The summed E-state index contributed by atoms with van der Waals surface area (Å²) in [5.41, 5.74) is 0. The maximum Gasteiger partial charge on any atom is 0.329 e. The van der Waals surface area contributed by atoms with Gasteiger partial charge in [-0.3, -0.25) is 9.09 Å². The second-order valence-electron chi connectivity index (χ2n) is 2.20. The van der Waals surface area contributed by atoms with Crippen molar-refractivity contribution in [2.24, 2.45) is 0 Å². The molecule has 6 nitrogen and oxygen atoms in total. The lowest BCUT2D eigenvalue weighted by Gasteiger charge is -2.11. The summed E-state index contributed by atoms with van der Waals surface area (Å²) in [5.74, 6) is 0. The molecular weight excluding hydrogens is 199 g/mol. The second kappa shape index (κ2) is 7.44. The highest BCUT2D eigenvalue weighted by molar-refractivity contribution is 7.52. The van der Waals surface area contributed by atoms with Crippen molar-refractivity contribution >= 4 is 7.60 Å². The van der Waals surface area contributed by atoms with E-state index in [1.54, 1.807) is 0 Å². The highest BCUT2D eigenvalue weighted by atomic mass is 31.2. The molecule has 2 N–H and O–H groups in total. The summed E-state index contributed by atoms with van der Waals surface area (Å²) >= 11 is 0. The van der Waals surface area contributed by atoms with E-state index in [2.05, 4.69) is 4.52 Å². The lowest BCUT2D eigenvalue weighted by molar-refractivity contribution is 0.0498. The van der Waals surface area contributed by atoms with Crippen LogP contribution in [0.1, 0.15) is 0 Å². The first kappa shape index (κ1) is 13.0. The maximum absolute atomic E-state index is 11.1. The molecular formula is C6H15O6P. The van der Waals surface area contributed by atoms with E-state index in [4.69, 9.17) is 19.5 Å². The van der Waals surface area contributed by atoms with Crippen molar-refractivity contribution in [1.82, 2.24) is 0 Å². The van der Waals surface area contributed by atoms with Gasteiger partial charge >= 0.3 is 7.60 Å². The normalized spacial score (nSPS) is 15.6. The molecule has 0 saturated heterocycles. The van der Waals surface area contributed by atoms with E-state index in [0.29, 0.717) is 0 Å². The van der Waals surface area contributed by atoms with Gasteiger partial charge in [0.15, 0.2) is 6.79 Å². The number of rotatable bonds is 8. The third-order valence-electron chi connectivity index (χ3n) is 1.08. The number of ether oxygens (including phenoxy) is 1. The van der Waals surface area contributed by atoms with Crippen LogP contribution in [0.3, 0.4) is 0 Å². The molecule has 1 unspecified atom stereocenters. The fraction of sp³-hybridized carbons (Fsp3) is 1.00. The highest BCUT2D eigenvalue weighted by Gasteiger charge is 2.15. The Hall–Kier alpha value is 0.0300. The highest BCUT2D eigenvalue weighted by Crippen LogP contribution is 2.42. The van der Waals surface area contributed by atoms with E-state index in [1.165, 1.54) is 6.66 Å². The standard InChI is InChI=1S/C6H15O6P/c1-13(9,12-6-8)11-5-4-10-3-2-7/h7-8H,2-6H2,1H3. The van der Waals surface area contributed by atoms with Crippen molar-refractivity contribution in [3.63, 3.8) is 0 Å². The molecule has 0 aromatic heterocycles. The van der Waals surface area contributed by atoms with Gasteiger partial charge in [-0.15, -0.1) is 0 Å². The molecule has 13 heavy (non-hydrogen) atoms. The van der Waals surface area contributed by atoms with Crippen LogP contribution in [-0.2, 0) is 18.3 Å². The van der Waals surface area contributed by atoms with Gasteiger partial charge in [-0.25, -0.2) is 0 Å². The Morgan fingerprint density at radius 2 is 1.85 bits per heavy atom. The molecule has 0 amide bonds. The van der Waals surface area contributed by atoms with Crippen LogP contribution in [-0.4, -0.2) is 50.1 Å². The van der Waals surface area contributed by atoms with Crippen molar-refractivity contribution in [3.8, 4) is 0 Å². The zero-order valence-electron chi connectivity index (χ0n) is 7.51. The maximum atomic E-state index is 11.1. The third-order valence-corrected chi connectivity index (χ3v) is 2.32. The van der Waals surface area contributed by atoms with Crippen LogP contribution < -0.4 is 0 Å². The molecule has 7 heteroatoms. The summed E-state index contributed by atoms with van der Waals surface area (Å²) in [4.78, 5) is 0. The number of hydrogen-bond acceptors (Lipinski definition) is 6. The minimum Gasteiger partial charge on any atom is -0.394 e. The zero-order chi connectivity index (χ0) is 10.2. The van der Waals surface area contributed by atoms with Gasteiger partial charge in [-0.05, 0) is 0 Å². The number of aliphatic hydroxyl groups is 2. The average molecular weight is 214 g/mol. The van der Waals surface area contributed by atoms with E-state index < -0.39 is 14.4 Å². The first-order chi connectivity index (χ1) is 6.12. The third kappa shape index (κ3) is 8.36. The van der Waals surface area contributed by atoms with Crippen molar-refractivity contribution in [2.45, 2.75) is 0 Å². The van der Waals surface area contributed by atoms with Crippen LogP contribution in [0.5, 0.6) is 0 Å². The van der Waals surface area contributed by atoms with E-state index in [0.717, 1.165) is 0 Å². The first-order valence-electron chi connectivity index (χ1n) is 3.78. The molecule has 0 heterocycles. The molecule has 0 rings (SSSR count). The number of hydrogen-bond donors (Lipinski definition) is 2. The smallest absolute Gasteiger partial charge is 0.329 e. The van der Waals surface area contributed by atoms with Crippen LogP contribution in [0.2, 0.25) is 0 Å². The lowest BCUT2D eigenvalue weighted by atomic mass is 10.7. The molecule has 0 fully saturated rings. The largest absolute Gasteiger partial charge is 0.394 e. The van der Waals surface area contributed by atoms with Gasteiger partial charge in [-0.2, -0.15) is 0 Å². The molecule has 80 valence electrons. The SMILES string of the molecule is CP(=O)(OCO)OCCOCCO. The van der Waals surface area contributed by atoms with Gasteiger partial charge in [0.25, 0.3) is 0 Å². The van der Waals surface area contributed by atoms with E-state index in [9.17, 15) is 4.57 Å². The predicted molar refractivity (Wildman–Crippen MR) is 45.6 cm³/mol. The van der Waals surface area contributed by atoms with Crippen LogP contribution >= 0.6 is 7.60 Å². The van der Waals surface area contributed by atoms with Crippen LogP contribution in [0, 0.1) is 0 Å². The van der Waals surface area contributed by atoms with E-state index in [-0.39, 0.29) is 26.4 Å². The van der Waals surface area contributed by atoms with Crippen molar-refractivity contribution in [2.75, 3.05) is 39.9 Å². The Labute approximate surface area is 77.0 Å². The molecule has 0 aromatic carbocycles. The molecule has 0 aromatic rings. The summed E-state index contributed by atoms with van der Waals surface area (Å²) in [5, 5.41) is 16.6. The quantitative estimate of drug-likeness (QED) is 0.330. The molecule has 0 saturated carbocycles. The summed E-state index contributed by atoms with van der Waals surface area (Å²) in [6, 6.07) is 0.